The highest BCUT2D eigenvalue weighted by Gasteiger charge is 2.56. The number of nitrogens with zero attached hydrogens (tertiary/aromatic N) is 5. The van der Waals surface area contributed by atoms with Crippen LogP contribution in [0.1, 0.15) is 88.6 Å². The van der Waals surface area contributed by atoms with E-state index in [2.05, 4.69) is 24.7 Å². The minimum absolute atomic E-state index is 0.0193. The number of fused-ring (bicyclic) bond motifs is 1. The molecule has 2 N–H and O–H groups in total. The summed E-state index contributed by atoms with van der Waals surface area (Å²) >= 11 is 0. The molecule has 2 aromatic carbocycles. The molecule has 3 heterocycles. The van der Waals surface area contributed by atoms with Crippen molar-refractivity contribution in [2.24, 2.45) is 0 Å². The summed E-state index contributed by atoms with van der Waals surface area (Å²) in [5.41, 5.74) is 1.97. The maximum absolute atomic E-state index is 15.9. The van der Waals surface area contributed by atoms with E-state index in [4.69, 9.17) is 4.74 Å². The van der Waals surface area contributed by atoms with Gasteiger partial charge in [0.15, 0.2) is 5.82 Å². The molecule has 0 unspecified atom stereocenters. The summed E-state index contributed by atoms with van der Waals surface area (Å²) in [4.78, 5) is 33.0. The summed E-state index contributed by atoms with van der Waals surface area (Å²) in [5, 5.41) is 19.0. The van der Waals surface area contributed by atoms with Gasteiger partial charge in [-0.05, 0) is 81.5 Å². The van der Waals surface area contributed by atoms with Crippen molar-refractivity contribution in [3.05, 3.63) is 92.3 Å². The number of rotatable bonds is 10. The summed E-state index contributed by atoms with van der Waals surface area (Å²) in [7, 11) is 0. The van der Waals surface area contributed by atoms with Gasteiger partial charge in [0.25, 0.3) is 5.56 Å². The van der Waals surface area contributed by atoms with Crippen LogP contribution in [0.2, 0.25) is 0 Å². The molecule has 0 atom stereocenters. The lowest BCUT2D eigenvalue weighted by Crippen LogP contribution is -2.44. The lowest BCUT2D eigenvalue weighted by Gasteiger charge is -2.37. The fourth-order valence-corrected chi connectivity index (χ4v) is 7.14. The highest BCUT2D eigenvalue weighted by molar-refractivity contribution is 5.80. The molecule has 2 fully saturated rings. The summed E-state index contributed by atoms with van der Waals surface area (Å²) in [6.45, 7) is 5.65. The number of benzene rings is 2. The first-order valence-corrected chi connectivity index (χ1v) is 16.4. The van der Waals surface area contributed by atoms with Crippen molar-refractivity contribution in [2.75, 3.05) is 0 Å². The highest BCUT2D eigenvalue weighted by atomic mass is 19.1. The molecule has 0 spiro atoms. The molecule has 0 bridgehead atoms. The number of hydrogen-bond donors (Lipinski definition) is 2. The largest absolute Gasteiger partial charge is 0.439 e. The van der Waals surface area contributed by atoms with Crippen molar-refractivity contribution >= 4 is 5.78 Å². The van der Waals surface area contributed by atoms with E-state index < -0.39 is 22.8 Å². The molecule has 246 valence electrons. The Kier molecular flexibility index (Phi) is 7.96. The van der Waals surface area contributed by atoms with Gasteiger partial charge >= 0.3 is 5.76 Å². The summed E-state index contributed by atoms with van der Waals surface area (Å²) in [5.74, 6) is -0.365. The third-order valence-corrected chi connectivity index (χ3v) is 9.89. The van der Waals surface area contributed by atoms with Crippen molar-refractivity contribution < 1.29 is 18.8 Å². The molecule has 0 aliphatic heterocycles. The Morgan fingerprint density at radius 1 is 1.11 bits per heavy atom. The van der Waals surface area contributed by atoms with Crippen LogP contribution in [0.15, 0.2) is 62.9 Å². The summed E-state index contributed by atoms with van der Waals surface area (Å²) in [6.07, 6.45) is 7.64. The van der Waals surface area contributed by atoms with E-state index in [0.29, 0.717) is 40.0 Å². The topological polar surface area (TPSA) is 141 Å². The molecule has 11 nitrogen and oxygen atoms in total. The van der Waals surface area contributed by atoms with Crippen molar-refractivity contribution in [1.29, 1.82) is 0 Å². The second-order valence-electron chi connectivity index (χ2n) is 13.4. The number of aromatic amines is 1. The van der Waals surface area contributed by atoms with Gasteiger partial charge in [0, 0.05) is 23.6 Å². The molecule has 2 aliphatic carbocycles. The van der Waals surface area contributed by atoms with E-state index in [1.54, 1.807) is 27.3 Å². The number of ether oxygens (including phenoxy) is 1. The van der Waals surface area contributed by atoms with Gasteiger partial charge in [-0.1, -0.05) is 54.9 Å². The summed E-state index contributed by atoms with van der Waals surface area (Å²) < 4.78 is 30.5. The minimum Gasteiger partial charge on any atom is -0.387 e. The number of hydrogen-bond acceptors (Lipinski definition) is 8. The Hall–Kier alpha value is -4.42. The van der Waals surface area contributed by atoms with Gasteiger partial charge in [0.05, 0.1) is 23.0 Å². The van der Waals surface area contributed by atoms with Crippen molar-refractivity contribution in [1.82, 2.24) is 29.3 Å². The zero-order valence-electron chi connectivity index (χ0n) is 26.8. The molecule has 0 amide bonds. The van der Waals surface area contributed by atoms with Crippen LogP contribution in [-0.4, -0.2) is 51.7 Å². The van der Waals surface area contributed by atoms with Gasteiger partial charge in [-0.15, -0.1) is 0 Å². The van der Waals surface area contributed by atoms with E-state index in [-0.39, 0.29) is 30.0 Å². The number of aryl methyl sites for hydroxylation is 1. The van der Waals surface area contributed by atoms with Gasteiger partial charge in [0.2, 0.25) is 5.78 Å². The fourth-order valence-electron chi connectivity index (χ4n) is 7.14. The molecule has 47 heavy (non-hydrogen) atoms. The zero-order valence-corrected chi connectivity index (χ0v) is 26.8. The Bertz CT molecular complexity index is 2040. The third-order valence-electron chi connectivity index (χ3n) is 9.89. The van der Waals surface area contributed by atoms with Crippen LogP contribution >= 0.6 is 0 Å². The van der Waals surface area contributed by atoms with Crippen molar-refractivity contribution in [2.45, 2.75) is 102 Å². The van der Waals surface area contributed by atoms with Gasteiger partial charge in [-0.25, -0.2) is 13.7 Å². The zero-order chi connectivity index (χ0) is 32.9. The van der Waals surface area contributed by atoms with Gasteiger partial charge in [-0.2, -0.15) is 10.1 Å². The van der Waals surface area contributed by atoms with Crippen LogP contribution in [-0.2, 0) is 17.6 Å². The van der Waals surface area contributed by atoms with Crippen LogP contribution in [0.3, 0.4) is 0 Å². The van der Waals surface area contributed by atoms with E-state index in [0.717, 1.165) is 50.6 Å². The SMILES string of the molecule is CCCc1c(Cc2ccc(-c3ccccc3-c3noc(=O)[nH]3)cc2F)c(=O)n(C2CCC(OC3(C(C)(C)O)CC3)CC2)c2ncnn12. The first kappa shape index (κ1) is 31.2. The van der Waals surface area contributed by atoms with Gasteiger partial charge in [0.1, 0.15) is 12.1 Å². The number of halogens is 1. The second kappa shape index (κ2) is 12.0. The molecule has 3 aromatic heterocycles. The maximum atomic E-state index is 15.9. The van der Waals surface area contributed by atoms with Crippen LogP contribution < -0.4 is 11.3 Å². The average Bonchev–Trinajstić information content (AvgIpc) is 3.47. The molecule has 2 aliphatic rings. The molecule has 5 aromatic rings. The molecular weight excluding hydrogens is 603 g/mol. The van der Waals surface area contributed by atoms with E-state index in [1.165, 1.54) is 12.4 Å². The van der Waals surface area contributed by atoms with Crippen LogP contribution in [0.5, 0.6) is 0 Å². The average molecular weight is 643 g/mol. The quantitative estimate of drug-likeness (QED) is 0.207. The molecule has 7 rings (SSSR count). The Morgan fingerprint density at radius 2 is 1.85 bits per heavy atom. The number of nitrogens with one attached hydrogen (secondary N) is 1. The lowest BCUT2D eigenvalue weighted by molar-refractivity contribution is -0.145. The monoisotopic (exact) mass is 642 g/mol. The third kappa shape index (κ3) is 5.73. The first-order valence-electron chi connectivity index (χ1n) is 16.4. The van der Waals surface area contributed by atoms with Gasteiger partial charge < -0.3 is 9.84 Å². The fraction of sp³-hybridized carbons (Fsp3) is 0.457. The Labute approximate surface area is 270 Å². The molecular formula is C35H39FN6O5. The predicted molar refractivity (Wildman–Crippen MR) is 173 cm³/mol. The highest BCUT2D eigenvalue weighted by Crippen LogP contribution is 2.50. The standard InChI is InChI=1S/C35H39FN6O5/c1-4-7-29-27(18-22-11-10-21(19-28(22)36)25-8-5-6-9-26(25)30-39-33(44)47-40-30)31(43)41(32-37-20-38-42(29)32)23-12-14-24(15-13-23)46-35(16-17-35)34(2,3)45/h5-6,8-11,19-20,23-24,45H,4,7,12-18H2,1-3H3,(H,39,40,44). The number of H-pyrrole nitrogens is 1. The summed E-state index contributed by atoms with van der Waals surface area (Å²) in [6, 6.07) is 12.1. The smallest absolute Gasteiger partial charge is 0.387 e. The van der Waals surface area contributed by atoms with Crippen molar-refractivity contribution in [3.8, 4) is 22.5 Å². The Balaban J connectivity index is 1.20. The predicted octanol–water partition coefficient (Wildman–Crippen LogP) is 5.39. The molecule has 0 radical (unpaired) electrons. The van der Waals surface area contributed by atoms with Crippen LogP contribution in [0.4, 0.5) is 4.39 Å². The van der Waals surface area contributed by atoms with E-state index >= 15 is 4.39 Å². The van der Waals surface area contributed by atoms with E-state index in [1.807, 2.05) is 39.0 Å². The Morgan fingerprint density at radius 3 is 2.49 bits per heavy atom. The van der Waals surface area contributed by atoms with Crippen LogP contribution in [0.25, 0.3) is 28.3 Å². The van der Waals surface area contributed by atoms with Crippen molar-refractivity contribution in [3.63, 3.8) is 0 Å². The number of aromatic nitrogens is 6. The van der Waals surface area contributed by atoms with E-state index in [9.17, 15) is 14.7 Å². The van der Waals surface area contributed by atoms with Gasteiger partial charge in [-0.3, -0.25) is 18.9 Å². The normalized spacial score (nSPS) is 19.3. The molecule has 12 heteroatoms. The second-order valence-corrected chi connectivity index (χ2v) is 13.4. The molecule has 2 saturated carbocycles. The lowest BCUT2D eigenvalue weighted by atomic mass is 9.91. The minimum atomic E-state index is -0.896. The maximum Gasteiger partial charge on any atom is 0.439 e. The van der Waals surface area contributed by atoms with Crippen LogP contribution in [0, 0.1) is 5.82 Å². The first-order chi connectivity index (χ1) is 22.6. The molecule has 0 saturated heterocycles. The number of aliphatic hydroxyl groups is 1.